The molecule has 1 aliphatic heterocycles. The van der Waals surface area contributed by atoms with Gasteiger partial charge in [0.1, 0.15) is 0 Å². The highest BCUT2D eigenvalue weighted by Gasteiger charge is 2.22. The molecular weight excluding hydrogens is 144 g/mol. The van der Waals surface area contributed by atoms with Gasteiger partial charge in [0, 0.05) is 12.4 Å². The molecule has 0 N–H and O–H groups in total. The average Bonchev–Trinajstić information content (AvgIpc) is 2.78. The van der Waals surface area contributed by atoms with E-state index in [-0.39, 0.29) is 11.7 Å². The fraction of sp³-hybridized carbons (Fsp3) is 0.429. The number of hydrogen-bond acceptors (Lipinski definition) is 3. The second-order valence-electron chi connectivity index (χ2n) is 2.52. The summed E-state index contributed by atoms with van der Waals surface area (Å²) in [6.07, 6.45) is 4.82. The van der Waals surface area contributed by atoms with Crippen molar-refractivity contribution in [2.24, 2.45) is 0 Å². The van der Waals surface area contributed by atoms with Crippen LogP contribution in [0.4, 0.5) is 0 Å². The maximum absolute atomic E-state index is 11.0. The first-order valence-corrected chi connectivity index (χ1v) is 3.48. The predicted octanol–water partition coefficient (Wildman–Crippen LogP) is -0.358. The average molecular weight is 152 g/mol. The zero-order valence-corrected chi connectivity index (χ0v) is 5.93. The molecule has 0 radical (unpaired) electrons. The first-order chi connectivity index (χ1) is 5.36. The fourth-order valence-electron chi connectivity index (χ4n) is 0.917. The minimum Gasteiger partial charge on any atom is -0.371 e. The molecule has 4 heteroatoms. The number of aromatic nitrogens is 2. The van der Waals surface area contributed by atoms with Crippen LogP contribution in [0.25, 0.3) is 0 Å². The third kappa shape index (κ3) is 1.46. The number of ether oxygens (including phenoxy) is 1. The SMILES string of the molecule is O=c1cnccn1C[C@@H]1CO1. The molecule has 0 amide bonds. The Morgan fingerprint density at radius 2 is 2.64 bits per heavy atom. The van der Waals surface area contributed by atoms with Crippen molar-refractivity contribution in [1.82, 2.24) is 9.55 Å². The molecule has 0 saturated carbocycles. The fourth-order valence-corrected chi connectivity index (χ4v) is 0.917. The van der Waals surface area contributed by atoms with E-state index in [1.807, 2.05) is 0 Å². The minimum atomic E-state index is -0.0667. The van der Waals surface area contributed by atoms with Gasteiger partial charge in [-0.3, -0.25) is 9.78 Å². The Bertz CT molecular complexity index is 303. The van der Waals surface area contributed by atoms with Crippen LogP contribution in [0.5, 0.6) is 0 Å². The summed E-state index contributed by atoms with van der Waals surface area (Å²) in [6.45, 7) is 1.43. The van der Waals surface area contributed by atoms with Gasteiger partial charge in [0.2, 0.25) is 0 Å². The van der Waals surface area contributed by atoms with Crippen LogP contribution in [-0.4, -0.2) is 22.3 Å². The van der Waals surface area contributed by atoms with E-state index in [2.05, 4.69) is 4.98 Å². The number of epoxide rings is 1. The van der Waals surface area contributed by atoms with E-state index in [1.165, 1.54) is 6.20 Å². The highest BCUT2D eigenvalue weighted by Crippen LogP contribution is 2.09. The van der Waals surface area contributed by atoms with Crippen LogP contribution >= 0.6 is 0 Å². The van der Waals surface area contributed by atoms with Crippen molar-refractivity contribution in [2.75, 3.05) is 6.61 Å². The molecule has 2 rings (SSSR count). The third-order valence-electron chi connectivity index (χ3n) is 1.60. The smallest absolute Gasteiger partial charge is 0.269 e. The van der Waals surface area contributed by atoms with Gasteiger partial charge in [-0.05, 0) is 0 Å². The Labute approximate surface area is 63.4 Å². The lowest BCUT2D eigenvalue weighted by molar-refractivity contribution is 0.380. The molecule has 0 bridgehead atoms. The largest absolute Gasteiger partial charge is 0.371 e. The minimum absolute atomic E-state index is 0.0667. The second-order valence-corrected chi connectivity index (χ2v) is 2.52. The zero-order chi connectivity index (χ0) is 7.68. The lowest BCUT2D eigenvalue weighted by Gasteiger charge is -1.98. The first-order valence-electron chi connectivity index (χ1n) is 3.48. The standard InChI is InChI=1S/C7H8N2O2/c10-7-3-8-1-2-9(7)4-6-5-11-6/h1-3,6H,4-5H2/t6-/m1/s1. The number of nitrogens with zero attached hydrogens (tertiary/aromatic N) is 2. The molecular formula is C7H8N2O2. The molecule has 1 saturated heterocycles. The summed E-state index contributed by atoms with van der Waals surface area (Å²) in [4.78, 5) is 14.7. The Morgan fingerprint density at radius 1 is 1.82 bits per heavy atom. The maximum Gasteiger partial charge on any atom is 0.269 e. The summed E-state index contributed by atoms with van der Waals surface area (Å²) >= 11 is 0. The quantitative estimate of drug-likeness (QED) is 0.544. The van der Waals surface area contributed by atoms with E-state index >= 15 is 0 Å². The third-order valence-corrected chi connectivity index (χ3v) is 1.60. The van der Waals surface area contributed by atoms with Crippen LogP contribution in [-0.2, 0) is 11.3 Å². The normalized spacial score (nSPS) is 21.6. The lowest BCUT2D eigenvalue weighted by Crippen LogP contribution is -2.21. The predicted molar refractivity (Wildman–Crippen MR) is 38.2 cm³/mol. The summed E-state index contributed by atoms with van der Waals surface area (Å²) in [7, 11) is 0. The lowest BCUT2D eigenvalue weighted by atomic mass is 10.4. The highest BCUT2D eigenvalue weighted by molar-refractivity contribution is 4.83. The molecule has 1 fully saturated rings. The molecule has 0 spiro atoms. The van der Waals surface area contributed by atoms with Gasteiger partial charge in [-0.2, -0.15) is 0 Å². The van der Waals surface area contributed by atoms with Crippen LogP contribution in [0.15, 0.2) is 23.4 Å². The molecule has 0 aromatic carbocycles. The maximum atomic E-state index is 11.0. The van der Waals surface area contributed by atoms with E-state index < -0.39 is 0 Å². The number of hydrogen-bond donors (Lipinski definition) is 0. The van der Waals surface area contributed by atoms with Crippen molar-refractivity contribution in [3.05, 3.63) is 28.9 Å². The van der Waals surface area contributed by atoms with Gasteiger partial charge in [-0.15, -0.1) is 0 Å². The van der Waals surface area contributed by atoms with Crippen LogP contribution in [0, 0.1) is 0 Å². The summed E-state index contributed by atoms with van der Waals surface area (Å²) in [5, 5.41) is 0. The van der Waals surface area contributed by atoms with Gasteiger partial charge >= 0.3 is 0 Å². The van der Waals surface area contributed by atoms with E-state index in [9.17, 15) is 4.79 Å². The Morgan fingerprint density at radius 3 is 3.27 bits per heavy atom. The molecule has 0 aliphatic carbocycles. The molecule has 0 unspecified atom stereocenters. The Balaban J connectivity index is 2.21. The molecule has 11 heavy (non-hydrogen) atoms. The molecule has 1 aromatic rings. The van der Waals surface area contributed by atoms with Gasteiger partial charge in [0.05, 0.1) is 25.5 Å². The van der Waals surface area contributed by atoms with E-state index in [0.29, 0.717) is 6.54 Å². The second kappa shape index (κ2) is 2.47. The summed E-state index contributed by atoms with van der Waals surface area (Å²) in [6, 6.07) is 0. The van der Waals surface area contributed by atoms with Gasteiger partial charge in [0.15, 0.2) is 0 Å². The molecule has 58 valence electrons. The summed E-state index contributed by atoms with van der Waals surface area (Å²) in [5.41, 5.74) is -0.0667. The first kappa shape index (κ1) is 6.54. The van der Waals surface area contributed by atoms with Gasteiger partial charge in [0.25, 0.3) is 5.56 Å². The van der Waals surface area contributed by atoms with Crippen molar-refractivity contribution in [3.63, 3.8) is 0 Å². The van der Waals surface area contributed by atoms with Crippen molar-refractivity contribution in [2.45, 2.75) is 12.6 Å². The van der Waals surface area contributed by atoms with Crippen LogP contribution in [0.1, 0.15) is 0 Å². The molecule has 1 aliphatic rings. The van der Waals surface area contributed by atoms with Crippen molar-refractivity contribution in [1.29, 1.82) is 0 Å². The Hall–Kier alpha value is -1.16. The number of rotatable bonds is 2. The molecule has 1 aromatic heterocycles. The zero-order valence-electron chi connectivity index (χ0n) is 5.93. The summed E-state index contributed by atoms with van der Waals surface area (Å²) in [5.74, 6) is 0. The van der Waals surface area contributed by atoms with Gasteiger partial charge < -0.3 is 9.30 Å². The van der Waals surface area contributed by atoms with Crippen LogP contribution < -0.4 is 5.56 Å². The van der Waals surface area contributed by atoms with Crippen LogP contribution in [0.2, 0.25) is 0 Å². The van der Waals surface area contributed by atoms with E-state index in [0.717, 1.165) is 6.61 Å². The van der Waals surface area contributed by atoms with E-state index in [1.54, 1.807) is 17.0 Å². The van der Waals surface area contributed by atoms with Crippen molar-refractivity contribution in [3.8, 4) is 0 Å². The molecule has 4 nitrogen and oxygen atoms in total. The Kier molecular flexibility index (Phi) is 1.47. The topological polar surface area (TPSA) is 47.4 Å². The van der Waals surface area contributed by atoms with E-state index in [4.69, 9.17) is 4.74 Å². The van der Waals surface area contributed by atoms with Crippen molar-refractivity contribution < 1.29 is 4.74 Å². The summed E-state index contributed by atoms with van der Waals surface area (Å²) < 4.78 is 6.59. The highest BCUT2D eigenvalue weighted by atomic mass is 16.6. The monoisotopic (exact) mass is 152 g/mol. The van der Waals surface area contributed by atoms with Gasteiger partial charge in [-0.25, -0.2) is 0 Å². The van der Waals surface area contributed by atoms with Gasteiger partial charge in [-0.1, -0.05) is 0 Å². The molecule has 2 heterocycles. The molecule has 1 atom stereocenters. The van der Waals surface area contributed by atoms with Crippen LogP contribution in [0.3, 0.4) is 0 Å². The van der Waals surface area contributed by atoms with Crippen molar-refractivity contribution >= 4 is 0 Å².